The number of nitrogens with two attached hydrogens (primary N) is 1. The van der Waals surface area contributed by atoms with Crippen LogP contribution in [-0.2, 0) is 14.1 Å². The average molecular weight is 1060 g/mol. The van der Waals surface area contributed by atoms with Crippen LogP contribution >= 0.6 is 35.0 Å². The number of hydrogen-bond acceptors (Lipinski definition) is 11. The average Bonchev–Trinajstić information content (AvgIpc) is 3.37. The lowest BCUT2D eigenvalue weighted by atomic mass is 10.2. The van der Waals surface area contributed by atoms with Gasteiger partial charge < -0.3 is 11.1 Å². The molecule has 19 heteroatoms. The van der Waals surface area contributed by atoms with E-state index in [1.54, 1.807) is 158 Å². The first-order chi connectivity index (χ1) is 33.8. The van der Waals surface area contributed by atoms with Gasteiger partial charge in [0.25, 0.3) is 11.1 Å². The van der Waals surface area contributed by atoms with Crippen LogP contribution in [0.2, 0.25) is 10.0 Å². The number of rotatable bonds is 7. The number of nitrogen functional groups attached to an aromatic ring is 1. The van der Waals surface area contributed by atoms with Crippen molar-refractivity contribution in [1.29, 1.82) is 0 Å². The Morgan fingerprint density at radius 1 is 0.459 bits per heavy atom. The van der Waals surface area contributed by atoms with Gasteiger partial charge in [-0.2, -0.15) is 9.97 Å². The number of aromatic nitrogens is 8. The van der Waals surface area contributed by atoms with Crippen molar-refractivity contribution in [3.8, 4) is 22.7 Å². The maximum absolute atomic E-state index is 13.8. The standard InChI is InChI=1S/C25H18ClN5O3.C20H16N4O3S.C6H6ClN.4CH4/c1-29-22-20(21(28-24(29)33)27-17-14-12-16(26)13-15-17)23(32)31(19-10-6-3-7-11-19)25(34)30(22)18-8-4-2-5-9-18;1-22-17-15(16(28-2)21-19(22)26)18(25)24(14-11-7-4-8-12-14)20(27)23(17)13-9-5-3-6-10-13;7-5-1-3-6(8)4-2-5;;;;/h2-15H,1H3,(H,27,28,33);3-12H,1-2H3;1-4H,8H2;4*1H4. The van der Waals surface area contributed by atoms with Gasteiger partial charge in [-0.1, -0.05) is 126 Å². The van der Waals surface area contributed by atoms with Crippen LogP contribution in [0, 0.1) is 0 Å². The summed E-state index contributed by atoms with van der Waals surface area (Å²) in [6.07, 6.45) is 1.74. The van der Waals surface area contributed by atoms with Crippen molar-refractivity contribution in [2.24, 2.45) is 14.1 Å². The fraction of sp³-hybridized carbons (Fsp3) is 0.127. The minimum absolute atomic E-state index is 0. The van der Waals surface area contributed by atoms with E-state index in [1.807, 2.05) is 18.2 Å². The van der Waals surface area contributed by atoms with Crippen molar-refractivity contribution in [2.45, 2.75) is 34.7 Å². The summed E-state index contributed by atoms with van der Waals surface area (Å²) < 4.78 is 7.36. The molecule has 10 rings (SSSR count). The van der Waals surface area contributed by atoms with Gasteiger partial charge >= 0.3 is 22.8 Å². The highest BCUT2D eigenvalue weighted by Crippen LogP contribution is 2.24. The Morgan fingerprint density at radius 2 is 0.797 bits per heavy atom. The Hall–Kier alpha value is -8.51. The topological polar surface area (TPSA) is 196 Å². The molecule has 0 saturated heterocycles. The van der Waals surface area contributed by atoms with E-state index in [0.29, 0.717) is 33.5 Å². The van der Waals surface area contributed by atoms with Gasteiger partial charge in [-0.25, -0.2) is 37.4 Å². The van der Waals surface area contributed by atoms with Crippen molar-refractivity contribution < 1.29 is 0 Å². The van der Waals surface area contributed by atoms with Crippen LogP contribution in [0.25, 0.3) is 44.8 Å². The molecule has 0 aliphatic carbocycles. The first kappa shape index (κ1) is 58.1. The molecule has 0 unspecified atom stereocenters. The number of aryl methyl sites for hydroxylation is 2. The van der Waals surface area contributed by atoms with E-state index in [-0.39, 0.29) is 62.6 Å². The summed E-state index contributed by atoms with van der Waals surface area (Å²) in [6.45, 7) is 0. The smallest absolute Gasteiger partial charge is 0.350 e. The third kappa shape index (κ3) is 11.7. The Labute approximate surface area is 440 Å². The van der Waals surface area contributed by atoms with Gasteiger partial charge in [-0.05, 0) is 103 Å². The quantitative estimate of drug-likeness (QED) is 0.0876. The normalized spacial score (nSPS) is 10.2. The molecule has 10 aromatic rings. The van der Waals surface area contributed by atoms with Gasteiger partial charge in [0.05, 0.1) is 22.7 Å². The fourth-order valence-corrected chi connectivity index (χ4v) is 8.25. The van der Waals surface area contributed by atoms with E-state index >= 15 is 0 Å². The summed E-state index contributed by atoms with van der Waals surface area (Å²) in [4.78, 5) is 87.7. The molecule has 0 atom stereocenters. The number of nitrogens with zero attached hydrogens (tertiary/aromatic N) is 8. The van der Waals surface area contributed by atoms with E-state index in [9.17, 15) is 28.8 Å². The second kappa shape index (κ2) is 25.2. The highest BCUT2D eigenvalue weighted by Gasteiger charge is 2.24. The zero-order chi connectivity index (χ0) is 49.6. The van der Waals surface area contributed by atoms with E-state index in [0.717, 1.165) is 19.8 Å². The number of halogens is 2. The van der Waals surface area contributed by atoms with Crippen molar-refractivity contribution >= 4 is 74.2 Å². The number of para-hydroxylation sites is 4. The molecule has 0 spiro atoms. The summed E-state index contributed by atoms with van der Waals surface area (Å²) in [6, 6.07) is 48.9. The zero-order valence-electron chi connectivity index (χ0n) is 37.4. The Bertz CT molecular complexity index is 3880. The van der Waals surface area contributed by atoms with Crippen molar-refractivity contribution in [1.82, 2.24) is 37.4 Å². The lowest BCUT2D eigenvalue weighted by Gasteiger charge is -2.18. The molecule has 0 saturated carbocycles. The number of nitrogens with one attached hydrogen (secondary N) is 1. The molecule has 0 aliphatic rings. The van der Waals surface area contributed by atoms with Crippen LogP contribution in [0.1, 0.15) is 29.7 Å². The van der Waals surface area contributed by atoms with Crippen LogP contribution in [0.4, 0.5) is 17.2 Å². The summed E-state index contributed by atoms with van der Waals surface area (Å²) in [5.74, 6) is 0.0415. The summed E-state index contributed by atoms with van der Waals surface area (Å²) in [5, 5.41) is 4.91. The van der Waals surface area contributed by atoms with E-state index in [4.69, 9.17) is 28.9 Å². The Morgan fingerprint density at radius 3 is 1.18 bits per heavy atom. The number of anilines is 3. The van der Waals surface area contributed by atoms with E-state index < -0.39 is 33.9 Å². The molecule has 4 heterocycles. The molecular formula is C55H56Cl2N10O6S. The molecule has 4 aromatic heterocycles. The SMILES string of the molecule is C.C.C.C.CSc1nc(=O)n(C)c2c1c(=O)n(-c1ccccc1)c(=O)n2-c1ccccc1.Cn1c(=O)nc(Nc2ccc(Cl)cc2)c2c(=O)n(-c3ccccc3)c(=O)n(-c3ccccc3)c21.Nc1ccc(Cl)cc1. The third-order valence-electron chi connectivity index (χ3n) is 10.8. The molecule has 382 valence electrons. The molecule has 0 aliphatic heterocycles. The number of hydrogen-bond donors (Lipinski definition) is 2. The van der Waals surface area contributed by atoms with Gasteiger partial charge in [0.15, 0.2) is 5.82 Å². The molecule has 6 aromatic carbocycles. The minimum atomic E-state index is -0.620. The highest BCUT2D eigenvalue weighted by molar-refractivity contribution is 7.98. The van der Waals surface area contributed by atoms with Crippen molar-refractivity contribution in [3.05, 3.63) is 243 Å². The summed E-state index contributed by atoms with van der Waals surface area (Å²) in [5.41, 5.74) is 5.53. The van der Waals surface area contributed by atoms with E-state index in [1.165, 1.54) is 44.1 Å². The van der Waals surface area contributed by atoms with Crippen molar-refractivity contribution in [2.75, 3.05) is 17.3 Å². The molecule has 3 N–H and O–H groups in total. The van der Waals surface area contributed by atoms with E-state index in [2.05, 4.69) is 15.3 Å². The van der Waals surface area contributed by atoms with Gasteiger partial charge in [-0.3, -0.25) is 18.7 Å². The predicted octanol–water partition coefficient (Wildman–Crippen LogP) is 10.1. The van der Waals surface area contributed by atoms with Gasteiger partial charge in [0, 0.05) is 35.5 Å². The predicted molar refractivity (Wildman–Crippen MR) is 306 cm³/mol. The molecule has 0 bridgehead atoms. The van der Waals surface area contributed by atoms with Crippen LogP contribution in [-0.4, -0.2) is 43.6 Å². The largest absolute Gasteiger partial charge is 0.399 e. The van der Waals surface area contributed by atoms with Crippen LogP contribution in [0.5, 0.6) is 0 Å². The fourth-order valence-electron chi connectivity index (χ4n) is 7.45. The third-order valence-corrected chi connectivity index (χ3v) is 11.9. The maximum Gasteiger partial charge on any atom is 0.350 e. The number of fused-ring (bicyclic) bond motifs is 2. The van der Waals surface area contributed by atoms with Gasteiger partial charge in [0.1, 0.15) is 27.1 Å². The first-order valence-corrected chi connectivity index (χ1v) is 23.1. The lowest BCUT2D eigenvalue weighted by molar-refractivity contribution is 0.749. The van der Waals surface area contributed by atoms with Crippen molar-refractivity contribution in [3.63, 3.8) is 0 Å². The highest BCUT2D eigenvalue weighted by atomic mass is 35.5. The van der Waals surface area contributed by atoms with Gasteiger partial charge in [-0.15, -0.1) is 11.8 Å². The van der Waals surface area contributed by atoms with Gasteiger partial charge in [0.2, 0.25) is 0 Å². The zero-order valence-corrected chi connectivity index (χ0v) is 39.8. The van der Waals surface area contributed by atoms with Crippen LogP contribution in [0.15, 0.2) is 204 Å². The monoisotopic (exact) mass is 1050 g/mol. The first-order valence-electron chi connectivity index (χ1n) is 21.2. The molecular weight excluding hydrogens is 1000 g/mol. The molecule has 16 nitrogen and oxygen atoms in total. The molecule has 0 amide bonds. The van der Waals surface area contributed by atoms with Crippen LogP contribution < -0.4 is 44.9 Å². The minimum Gasteiger partial charge on any atom is -0.399 e. The molecule has 0 radical (unpaired) electrons. The number of benzene rings is 6. The second-order valence-electron chi connectivity index (χ2n) is 15.2. The second-order valence-corrected chi connectivity index (χ2v) is 16.9. The summed E-state index contributed by atoms with van der Waals surface area (Å²) in [7, 11) is 2.99. The van der Waals surface area contributed by atoms with Crippen LogP contribution in [0.3, 0.4) is 0 Å². The maximum atomic E-state index is 13.8. The Balaban J connectivity index is 0.000000269. The molecule has 0 fully saturated rings. The lowest BCUT2D eigenvalue weighted by Crippen LogP contribution is -2.41. The molecule has 74 heavy (non-hydrogen) atoms. The number of thioether (sulfide) groups is 1. The Kier molecular flexibility index (Phi) is 19.8. The summed E-state index contributed by atoms with van der Waals surface area (Å²) >= 11 is 12.7.